The summed E-state index contributed by atoms with van der Waals surface area (Å²) in [6.07, 6.45) is 10.3. The van der Waals surface area contributed by atoms with Crippen molar-refractivity contribution < 1.29 is 9.00 Å². The van der Waals surface area contributed by atoms with Crippen molar-refractivity contribution in [2.45, 2.75) is 55.5 Å². The molecule has 8 heteroatoms. The zero-order valence-electron chi connectivity index (χ0n) is 16.5. The lowest BCUT2D eigenvalue weighted by molar-refractivity contribution is 0.0953. The second kappa shape index (κ2) is 10.2. The Morgan fingerprint density at radius 2 is 2.11 bits per heavy atom. The fourth-order valence-electron chi connectivity index (χ4n) is 3.73. The molecule has 1 aliphatic rings. The second-order valence-corrected chi connectivity index (χ2v) is 9.40. The molecule has 1 N–H and O–H groups in total. The number of carbonyl (C=O) groups excluding carboxylic acids is 1. The maximum absolute atomic E-state index is 12.4. The van der Waals surface area contributed by atoms with Crippen molar-refractivity contribution in [3.05, 3.63) is 41.2 Å². The van der Waals surface area contributed by atoms with Gasteiger partial charge >= 0.3 is 0 Å². The van der Waals surface area contributed by atoms with Crippen molar-refractivity contribution in [3.63, 3.8) is 0 Å². The maximum Gasteiger partial charge on any atom is 0.251 e. The van der Waals surface area contributed by atoms with Crippen LogP contribution in [-0.2, 0) is 23.0 Å². The molecule has 1 amide bonds. The predicted octanol–water partition coefficient (Wildman–Crippen LogP) is 3.36. The molecule has 1 saturated carbocycles. The van der Waals surface area contributed by atoms with Crippen molar-refractivity contribution in [3.8, 4) is 0 Å². The topological polar surface area (TPSA) is 76.9 Å². The third kappa shape index (κ3) is 5.44. The van der Waals surface area contributed by atoms with Crippen LogP contribution in [0.1, 0.15) is 59.9 Å². The number of amides is 1. The van der Waals surface area contributed by atoms with Crippen LogP contribution in [-0.4, -0.2) is 43.9 Å². The molecule has 0 spiro atoms. The minimum atomic E-state index is -0.917. The lowest BCUT2D eigenvalue weighted by Crippen LogP contribution is -2.25. The molecule has 0 saturated heterocycles. The lowest BCUT2D eigenvalue weighted by atomic mass is 10.1. The summed E-state index contributed by atoms with van der Waals surface area (Å²) in [5, 5.41) is 12.7. The van der Waals surface area contributed by atoms with Crippen LogP contribution < -0.4 is 5.32 Å². The summed E-state index contributed by atoms with van der Waals surface area (Å²) in [5.74, 6) is 1.40. The van der Waals surface area contributed by atoms with Crippen molar-refractivity contribution in [1.82, 2.24) is 20.1 Å². The summed E-state index contributed by atoms with van der Waals surface area (Å²) in [7, 11) is -0.917. The number of benzene rings is 1. The van der Waals surface area contributed by atoms with Crippen LogP contribution >= 0.6 is 11.8 Å². The van der Waals surface area contributed by atoms with Gasteiger partial charge in [0.2, 0.25) is 0 Å². The Morgan fingerprint density at radius 3 is 2.82 bits per heavy atom. The summed E-state index contributed by atoms with van der Waals surface area (Å²) in [5.41, 5.74) is 1.53. The SMILES string of the molecule is CSc1nnc(CCCNC(=O)c2cccc(CS(C)=O)c2)n1C1CCCC1. The molecule has 0 aliphatic heterocycles. The molecule has 152 valence electrons. The second-order valence-electron chi connectivity index (χ2n) is 7.19. The minimum absolute atomic E-state index is 0.0919. The number of aryl methyl sites for hydroxylation is 1. The zero-order valence-corrected chi connectivity index (χ0v) is 18.2. The van der Waals surface area contributed by atoms with Crippen LogP contribution in [0.4, 0.5) is 0 Å². The molecule has 6 nitrogen and oxygen atoms in total. The van der Waals surface area contributed by atoms with Crippen LogP contribution in [0.15, 0.2) is 29.4 Å². The first-order valence-corrected chi connectivity index (χ1v) is 12.7. The molecule has 1 fully saturated rings. The molecule has 0 bridgehead atoms. The number of hydrogen-bond donors (Lipinski definition) is 1. The van der Waals surface area contributed by atoms with E-state index < -0.39 is 10.8 Å². The first-order chi connectivity index (χ1) is 13.6. The van der Waals surface area contributed by atoms with Crippen LogP contribution in [0.3, 0.4) is 0 Å². The number of carbonyl (C=O) groups is 1. The highest BCUT2D eigenvalue weighted by Gasteiger charge is 2.23. The van der Waals surface area contributed by atoms with Crippen LogP contribution in [0.25, 0.3) is 0 Å². The zero-order chi connectivity index (χ0) is 19.9. The Kier molecular flexibility index (Phi) is 7.67. The smallest absolute Gasteiger partial charge is 0.251 e. The molecule has 2 aromatic rings. The Balaban J connectivity index is 1.53. The molecule has 3 rings (SSSR count). The van der Waals surface area contributed by atoms with Crippen molar-refractivity contribution in [1.29, 1.82) is 0 Å². The van der Waals surface area contributed by atoms with Gasteiger partial charge in [-0.3, -0.25) is 9.00 Å². The Morgan fingerprint density at radius 1 is 1.32 bits per heavy atom. The largest absolute Gasteiger partial charge is 0.352 e. The van der Waals surface area contributed by atoms with E-state index >= 15 is 0 Å². The third-order valence-corrected chi connectivity index (χ3v) is 6.41. The number of aromatic nitrogens is 3. The van der Waals surface area contributed by atoms with Gasteiger partial charge in [-0.05, 0) is 43.2 Å². The van der Waals surface area contributed by atoms with Gasteiger partial charge in [-0.15, -0.1) is 10.2 Å². The molecular weight excluding hydrogens is 392 g/mol. The average molecular weight is 421 g/mol. The highest BCUT2D eigenvalue weighted by molar-refractivity contribution is 7.98. The highest BCUT2D eigenvalue weighted by atomic mass is 32.2. The van der Waals surface area contributed by atoms with E-state index in [0.717, 1.165) is 29.4 Å². The van der Waals surface area contributed by atoms with Gasteiger partial charge in [-0.1, -0.05) is 36.7 Å². The summed E-state index contributed by atoms with van der Waals surface area (Å²) in [4.78, 5) is 12.4. The van der Waals surface area contributed by atoms with Gasteiger partial charge in [0.25, 0.3) is 5.91 Å². The van der Waals surface area contributed by atoms with Gasteiger partial charge < -0.3 is 9.88 Å². The number of rotatable bonds is 9. The van der Waals surface area contributed by atoms with Crippen LogP contribution in [0.2, 0.25) is 0 Å². The Bertz CT molecular complexity index is 831. The van der Waals surface area contributed by atoms with E-state index in [2.05, 4.69) is 20.1 Å². The fraction of sp³-hybridized carbons (Fsp3) is 0.550. The monoisotopic (exact) mass is 420 g/mol. The van der Waals surface area contributed by atoms with Gasteiger partial charge in [0.05, 0.1) is 0 Å². The van der Waals surface area contributed by atoms with E-state index in [4.69, 9.17) is 0 Å². The average Bonchev–Trinajstić information content (AvgIpc) is 3.33. The molecule has 1 heterocycles. The lowest BCUT2D eigenvalue weighted by Gasteiger charge is -2.16. The van der Waals surface area contributed by atoms with E-state index in [0.29, 0.717) is 23.9 Å². The van der Waals surface area contributed by atoms with E-state index in [-0.39, 0.29) is 5.91 Å². The van der Waals surface area contributed by atoms with Crippen LogP contribution in [0, 0.1) is 0 Å². The number of nitrogens with one attached hydrogen (secondary N) is 1. The summed E-state index contributed by atoms with van der Waals surface area (Å²) in [6.45, 7) is 0.592. The van der Waals surface area contributed by atoms with E-state index in [9.17, 15) is 9.00 Å². The molecule has 1 unspecified atom stereocenters. The highest BCUT2D eigenvalue weighted by Crippen LogP contribution is 2.33. The molecule has 0 radical (unpaired) electrons. The molecular formula is C20H28N4O2S2. The van der Waals surface area contributed by atoms with Crippen molar-refractivity contribution in [2.75, 3.05) is 19.1 Å². The van der Waals surface area contributed by atoms with E-state index in [1.807, 2.05) is 24.5 Å². The van der Waals surface area contributed by atoms with Gasteiger partial charge in [0.1, 0.15) is 5.82 Å². The van der Waals surface area contributed by atoms with Crippen molar-refractivity contribution >= 4 is 28.5 Å². The molecule has 1 atom stereocenters. The van der Waals surface area contributed by atoms with E-state index in [1.54, 1.807) is 24.1 Å². The third-order valence-electron chi connectivity index (χ3n) is 5.03. The quantitative estimate of drug-likeness (QED) is 0.497. The molecule has 1 aliphatic carbocycles. The van der Waals surface area contributed by atoms with Gasteiger partial charge in [-0.2, -0.15) is 0 Å². The normalized spacial score (nSPS) is 15.6. The number of hydrogen-bond acceptors (Lipinski definition) is 5. The predicted molar refractivity (Wildman–Crippen MR) is 114 cm³/mol. The van der Waals surface area contributed by atoms with Gasteiger partial charge in [0, 0.05) is 47.4 Å². The maximum atomic E-state index is 12.4. The fourth-order valence-corrected chi connectivity index (χ4v) is 4.96. The van der Waals surface area contributed by atoms with Gasteiger partial charge in [0.15, 0.2) is 5.16 Å². The molecule has 28 heavy (non-hydrogen) atoms. The summed E-state index contributed by atoms with van der Waals surface area (Å²) in [6, 6.07) is 7.87. The first kappa shape index (κ1) is 21.0. The number of thioether (sulfide) groups is 1. The number of nitrogens with zero attached hydrogens (tertiary/aromatic N) is 3. The van der Waals surface area contributed by atoms with Crippen molar-refractivity contribution in [2.24, 2.45) is 0 Å². The standard InChI is InChI=1S/C20H28N4O2S2/c1-27-20-23-22-18(24(20)17-9-3-4-10-17)11-6-12-21-19(25)16-8-5-7-15(13-16)14-28(2)26/h5,7-8,13,17H,3-4,6,9-12,14H2,1-2H3,(H,21,25). The molecule has 1 aromatic carbocycles. The summed E-state index contributed by atoms with van der Waals surface area (Å²) < 4.78 is 13.7. The Hall–Kier alpha value is -1.67. The first-order valence-electron chi connectivity index (χ1n) is 9.73. The van der Waals surface area contributed by atoms with Gasteiger partial charge in [-0.25, -0.2) is 0 Å². The Labute approximate surface area is 173 Å². The van der Waals surface area contributed by atoms with Crippen LogP contribution in [0.5, 0.6) is 0 Å². The minimum Gasteiger partial charge on any atom is -0.352 e. The van der Waals surface area contributed by atoms with E-state index in [1.165, 1.54) is 25.7 Å². The molecule has 1 aromatic heterocycles. The summed E-state index contributed by atoms with van der Waals surface area (Å²) >= 11 is 1.65.